The average molecular weight is 855 g/mol. The van der Waals surface area contributed by atoms with Crippen LogP contribution in [0, 0.1) is 11.8 Å². The molecule has 3 aromatic carbocycles. The summed E-state index contributed by atoms with van der Waals surface area (Å²) in [5.74, 6) is -1.10. The smallest absolute Gasteiger partial charge is 0.387 e. The summed E-state index contributed by atoms with van der Waals surface area (Å²) in [5.41, 5.74) is 1.93. The molecule has 1 aromatic heterocycles. The molecule has 12 nitrogen and oxygen atoms in total. The minimum atomic E-state index is -3.09. The van der Waals surface area contributed by atoms with Gasteiger partial charge in [-0.05, 0) is 110 Å². The zero-order valence-corrected chi connectivity index (χ0v) is 33.6. The maximum Gasteiger partial charge on any atom is 0.387 e. The number of methoxy groups -OCH3 is 1. The molecule has 4 aromatic rings. The number of fused-ring (bicyclic) bond motifs is 3. The lowest BCUT2D eigenvalue weighted by Gasteiger charge is -2.44. The first kappa shape index (κ1) is 42.0. The summed E-state index contributed by atoms with van der Waals surface area (Å²) in [7, 11) is 1.56. The van der Waals surface area contributed by atoms with Gasteiger partial charge in [-0.25, -0.2) is 14.4 Å². The number of ether oxygens (including phenoxy) is 6. The van der Waals surface area contributed by atoms with E-state index in [1.807, 2.05) is 0 Å². The third-order valence-electron chi connectivity index (χ3n) is 10.6. The Labute approximate surface area is 350 Å². The lowest BCUT2D eigenvalue weighted by Crippen LogP contribution is -2.52. The summed E-state index contributed by atoms with van der Waals surface area (Å²) in [6.45, 7) is -0.872. The predicted octanol–water partition coefficient (Wildman–Crippen LogP) is 8.26. The molecule has 8 rings (SSSR count). The fraction of sp³-hybridized carbons (Fsp3) is 0.395. The van der Waals surface area contributed by atoms with E-state index in [0.717, 1.165) is 38.8 Å². The Bertz CT molecular complexity index is 2100. The SMILES string of the molecule is COc1ccc(C(Nc2cccc(C(=O)OCC(=O)O[C@@H](Cc3c(Cl)cncc3Cl)c3ccc(OC(F)F)c(OCC4CC4)c3)c2)C(=O)O[C@H]2CN3CCC2CC3)cc1. The maximum absolute atomic E-state index is 13.8. The van der Waals surface area contributed by atoms with Crippen LogP contribution in [0.2, 0.25) is 10.0 Å². The molecule has 1 saturated carbocycles. The highest BCUT2D eigenvalue weighted by Crippen LogP contribution is 2.38. The number of halogens is 4. The number of piperidine rings is 3. The first-order chi connectivity index (χ1) is 28.5. The topological polar surface area (TPSA) is 135 Å². The predicted molar refractivity (Wildman–Crippen MR) is 213 cm³/mol. The van der Waals surface area contributed by atoms with Crippen LogP contribution in [0.5, 0.6) is 17.2 Å². The van der Waals surface area contributed by atoms with Crippen molar-refractivity contribution in [1.82, 2.24) is 9.88 Å². The van der Waals surface area contributed by atoms with Crippen molar-refractivity contribution in [3.05, 3.63) is 111 Å². The molecule has 4 fully saturated rings. The Balaban J connectivity index is 1.04. The summed E-state index contributed by atoms with van der Waals surface area (Å²) in [6, 6.07) is 16.7. The van der Waals surface area contributed by atoms with Crippen LogP contribution in [0.1, 0.15) is 64.9 Å². The Hall–Kier alpha value is -5.18. The molecule has 1 unspecified atom stereocenters. The minimum Gasteiger partial charge on any atom is -0.497 e. The van der Waals surface area contributed by atoms with E-state index in [9.17, 15) is 23.2 Å². The van der Waals surface area contributed by atoms with E-state index in [2.05, 4.69) is 19.9 Å². The highest BCUT2D eigenvalue weighted by Gasteiger charge is 2.38. The normalized spacial score (nSPS) is 19.3. The Morgan fingerprint density at radius 3 is 2.31 bits per heavy atom. The van der Waals surface area contributed by atoms with E-state index in [1.54, 1.807) is 43.5 Å². The van der Waals surface area contributed by atoms with Crippen LogP contribution in [0.25, 0.3) is 0 Å². The van der Waals surface area contributed by atoms with Crippen LogP contribution in [0.4, 0.5) is 14.5 Å². The van der Waals surface area contributed by atoms with E-state index in [1.165, 1.54) is 42.7 Å². The van der Waals surface area contributed by atoms with Crippen molar-refractivity contribution in [1.29, 1.82) is 0 Å². The van der Waals surface area contributed by atoms with Gasteiger partial charge in [0.1, 0.15) is 18.0 Å². The van der Waals surface area contributed by atoms with Crippen molar-refractivity contribution in [2.75, 3.05) is 45.3 Å². The highest BCUT2D eigenvalue weighted by molar-refractivity contribution is 6.35. The van der Waals surface area contributed by atoms with Gasteiger partial charge in [-0.3, -0.25) is 9.88 Å². The summed E-state index contributed by atoms with van der Waals surface area (Å²) < 4.78 is 59.6. The van der Waals surface area contributed by atoms with Crippen molar-refractivity contribution in [2.45, 2.75) is 57.0 Å². The van der Waals surface area contributed by atoms with Crippen LogP contribution in [0.3, 0.4) is 0 Å². The molecule has 59 heavy (non-hydrogen) atoms. The third kappa shape index (κ3) is 11.1. The van der Waals surface area contributed by atoms with Gasteiger partial charge in [-0.1, -0.05) is 47.5 Å². The molecular formula is C43H43Cl2F2N3O9. The average Bonchev–Trinajstić information content (AvgIpc) is 4.08. The molecule has 3 saturated heterocycles. The van der Waals surface area contributed by atoms with Gasteiger partial charge in [0.25, 0.3) is 0 Å². The van der Waals surface area contributed by atoms with E-state index in [4.69, 9.17) is 46.9 Å². The number of nitrogens with one attached hydrogen (secondary N) is 1. The number of aromatic nitrogens is 1. The number of esters is 3. The van der Waals surface area contributed by atoms with Gasteiger partial charge in [0.15, 0.2) is 24.1 Å². The first-order valence-corrected chi connectivity index (χ1v) is 20.1. The lowest BCUT2D eigenvalue weighted by atomic mass is 9.86. The van der Waals surface area contributed by atoms with Crippen LogP contribution < -0.4 is 19.5 Å². The van der Waals surface area contributed by atoms with E-state index < -0.39 is 43.3 Å². The number of benzene rings is 3. The zero-order valence-electron chi connectivity index (χ0n) is 32.1. The van der Waals surface area contributed by atoms with Gasteiger partial charge < -0.3 is 33.7 Å². The van der Waals surface area contributed by atoms with Crippen LogP contribution in [0.15, 0.2) is 79.1 Å². The van der Waals surface area contributed by atoms with Crippen molar-refractivity contribution in [2.24, 2.45) is 11.8 Å². The maximum atomic E-state index is 13.8. The summed E-state index contributed by atoms with van der Waals surface area (Å²) in [4.78, 5) is 46.7. The van der Waals surface area contributed by atoms with Gasteiger partial charge in [-0.15, -0.1) is 0 Å². The second kappa shape index (κ2) is 19.3. The van der Waals surface area contributed by atoms with Gasteiger partial charge in [-0.2, -0.15) is 8.78 Å². The first-order valence-electron chi connectivity index (χ1n) is 19.3. The summed E-state index contributed by atoms with van der Waals surface area (Å²) in [6.07, 6.45) is 5.32. The molecule has 0 amide bonds. The number of carbonyl (C=O) groups excluding carboxylic acids is 3. The monoisotopic (exact) mass is 853 g/mol. The van der Waals surface area contributed by atoms with Crippen LogP contribution in [-0.4, -0.2) is 80.5 Å². The number of hydrogen-bond acceptors (Lipinski definition) is 12. The quantitative estimate of drug-likeness (QED) is 0.0763. The molecule has 0 radical (unpaired) electrons. The number of alkyl halides is 2. The summed E-state index contributed by atoms with van der Waals surface area (Å²) >= 11 is 12.8. The molecule has 3 atom stereocenters. The van der Waals surface area contributed by atoms with Crippen LogP contribution in [-0.2, 0) is 30.2 Å². The van der Waals surface area contributed by atoms with E-state index in [0.29, 0.717) is 53.1 Å². The molecule has 312 valence electrons. The van der Waals surface area contributed by atoms with E-state index >= 15 is 0 Å². The fourth-order valence-electron chi connectivity index (χ4n) is 7.21. The molecule has 3 aliphatic heterocycles. The van der Waals surface area contributed by atoms with Gasteiger partial charge in [0, 0.05) is 31.0 Å². The second-order valence-corrected chi connectivity index (χ2v) is 15.5. The largest absolute Gasteiger partial charge is 0.497 e. The Morgan fingerprint density at radius 1 is 0.915 bits per heavy atom. The number of anilines is 1. The minimum absolute atomic E-state index is 0.0395. The zero-order chi connectivity index (χ0) is 41.5. The van der Waals surface area contributed by atoms with Gasteiger partial charge in [0.05, 0.1) is 29.3 Å². The van der Waals surface area contributed by atoms with E-state index in [-0.39, 0.29) is 39.6 Å². The van der Waals surface area contributed by atoms with Crippen molar-refractivity contribution in [3.63, 3.8) is 0 Å². The van der Waals surface area contributed by atoms with Crippen LogP contribution >= 0.6 is 23.2 Å². The second-order valence-electron chi connectivity index (χ2n) is 14.7. The molecule has 0 spiro atoms. The molecule has 16 heteroatoms. The number of pyridine rings is 1. The molecule has 2 bridgehead atoms. The number of nitrogens with zero attached hydrogens (tertiary/aromatic N) is 2. The summed E-state index contributed by atoms with van der Waals surface area (Å²) in [5, 5.41) is 3.65. The van der Waals surface area contributed by atoms with Gasteiger partial charge >= 0.3 is 24.5 Å². The standard InChI is InChI=1S/C43H43Cl2F2N3O9/c1-54-31-10-7-27(8-11-31)40(42(53)58-38-22-50-15-13-26(38)14-16-50)49-30-4-2-3-29(17-30)41(52)56-24-39(51)57-36(19-32-33(44)20-48-21-34(32)45)28-9-12-35(59-43(46)47)37(18-28)55-23-25-5-6-25/h2-4,7-12,17-18,20-21,25-26,36,38,40,43,49H,5-6,13-16,19,22-24H2,1H3/t36-,38-,40?/m0/s1. The molecule has 1 N–H and O–H groups in total. The number of rotatable bonds is 18. The van der Waals surface area contributed by atoms with Gasteiger partial charge in [0.2, 0.25) is 0 Å². The number of carbonyl (C=O) groups is 3. The molecule has 4 heterocycles. The third-order valence-corrected chi connectivity index (χ3v) is 11.3. The molecule has 4 aliphatic rings. The molecular weight excluding hydrogens is 811 g/mol. The Morgan fingerprint density at radius 2 is 1.64 bits per heavy atom. The number of hydrogen-bond donors (Lipinski definition) is 1. The fourth-order valence-corrected chi connectivity index (χ4v) is 7.73. The lowest BCUT2D eigenvalue weighted by molar-refractivity contribution is -0.160. The van der Waals surface area contributed by atoms with Crippen molar-refractivity contribution < 1.29 is 51.6 Å². The van der Waals surface area contributed by atoms with Crippen molar-refractivity contribution in [3.8, 4) is 17.2 Å². The van der Waals surface area contributed by atoms with Crippen molar-refractivity contribution >= 4 is 46.8 Å². The Kier molecular flexibility index (Phi) is 13.7. The highest BCUT2D eigenvalue weighted by atomic mass is 35.5. The molecule has 1 aliphatic carbocycles.